The molecule has 2 aromatic carbocycles. The molecule has 28 heavy (non-hydrogen) atoms. The molecular formula is C23H30IN3O. The second-order valence-corrected chi connectivity index (χ2v) is 6.77. The Morgan fingerprint density at radius 2 is 1.54 bits per heavy atom. The van der Waals surface area contributed by atoms with Gasteiger partial charge in [-0.05, 0) is 36.5 Å². The molecule has 0 fully saturated rings. The van der Waals surface area contributed by atoms with Crippen LogP contribution in [0.25, 0.3) is 0 Å². The van der Waals surface area contributed by atoms with E-state index in [9.17, 15) is 0 Å². The van der Waals surface area contributed by atoms with E-state index in [0.717, 1.165) is 25.3 Å². The fraction of sp³-hybridized carbons (Fsp3) is 0.348. The third kappa shape index (κ3) is 7.64. The van der Waals surface area contributed by atoms with Gasteiger partial charge in [-0.2, -0.15) is 0 Å². The molecule has 0 aliphatic heterocycles. The molecule has 1 aliphatic rings. The second-order valence-electron chi connectivity index (χ2n) is 6.77. The summed E-state index contributed by atoms with van der Waals surface area (Å²) in [5.41, 5.74) is 3.58. The van der Waals surface area contributed by atoms with Crippen LogP contribution in [0.1, 0.15) is 36.5 Å². The Morgan fingerprint density at radius 1 is 0.929 bits per heavy atom. The predicted molar refractivity (Wildman–Crippen MR) is 127 cm³/mol. The molecule has 0 atom stereocenters. The summed E-state index contributed by atoms with van der Waals surface area (Å²) in [5.74, 6) is 0.890. The molecule has 0 saturated heterocycles. The summed E-state index contributed by atoms with van der Waals surface area (Å²) < 4.78 is 5.80. The fourth-order valence-corrected chi connectivity index (χ4v) is 3.02. The summed E-state index contributed by atoms with van der Waals surface area (Å²) >= 11 is 0. The summed E-state index contributed by atoms with van der Waals surface area (Å²) in [5, 5.41) is 6.82. The average molecular weight is 491 g/mol. The molecule has 2 N–H and O–H groups in total. The van der Waals surface area contributed by atoms with Crippen molar-refractivity contribution in [1.29, 1.82) is 0 Å². The molecule has 150 valence electrons. The van der Waals surface area contributed by atoms with E-state index in [1.807, 2.05) is 18.2 Å². The third-order valence-electron chi connectivity index (χ3n) is 4.52. The molecule has 0 aromatic heterocycles. The normalized spacial score (nSPS) is 14.0. The lowest BCUT2D eigenvalue weighted by Crippen LogP contribution is -2.42. The Labute approximate surface area is 185 Å². The first kappa shape index (κ1) is 22.4. The van der Waals surface area contributed by atoms with Crippen LogP contribution >= 0.6 is 24.0 Å². The lowest BCUT2D eigenvalue weighted by atomic mass is 10.1. The second kappa shape index (κ2) is 12.6. The van der Waals surface area contributed by atoms with Crippen molar-refractivity contribution in [3.05, 3.63) is 83.4 Å². The van der Waals surface area contributed by atoms with Crippen molar-refractivity contribution in [3.8, 4) is 0 Å². The highest BCUT2D eigenvalue weighted by Crippen LogP contribution is 2.10. The highest BCUT2D eigenvalue weighted by molar-refractivity contribution is 14.0. The zero-order valence-corrected chi connectivity index (χ0v) is 18.8. The minimum atomic E-state index is 0. The van der Waals surface area contributed by atoms with E-state index in [1.54, 1.807) is 0 Å². The van der Waals surface area contributed by atoms with Gasteiger partial charge in [0.15, 0.2) is 5.96 Å². The van der Waals surface area contributed by atoms with Gasteiger partial charge in [-0.1, -0.05) is 66.7 Å². The highest BCUT2D eigenvalue weighted by atomic mass is 127. The van der Waals surface area contributed by atoms with E-state index < -0.39 is 0 Å². The van der Waals surface area contributed by atoms with Crippen LogP contribution in [0, 0.1) is 0 Å². The van der Waals surface area contributed by atoms with E-state index in [4.69, 9.17) is 9.73 Å². The van der Waals surface area contributed by atoms with Crippen LogP contribution in [0.5, 0.6) is 0 Å². The smallest absolute Gasteiger partial charge is 0.191 e. The summed E-state index contributed by atoms with van der Waals surface area (Å²) in [6, 6.07) is 19.2. The van der Waals surface area contributed by atoms with Crippen molar-refractivity contribution < 1.29 is 4.74 Å². The van der Waals surface area contributed by atoms with Crippen molar-refractivity contribution in [1.82, 2.24) is 10.6 Å². The number of hydrogen-bond donors (Lipinski definition) is 2. The molecule has 0 heterocycles. The maximum atomic E-state index is 5.80. The molecule has 0 saturated carbocycles. The lowest BCUT2D eigenvalue weighted by Gasteiger charge is -2.16. The Kier molecular flexibility index (Phi) is 10.1. The van der Waals surface area contributed by atoms with Gasteiger partial charge in [-0.3, -0.25) is 0 Å². The van der Waals surface area contributed by atoms with E-state index in [1.165, 1.54) is 16.7 Å². The Hall–Kier alpha value is -1.86. The van der Waals surface area contributed by atoms with Gasteiger partial charge >= 0.3 is 0 Å². The van der Waals surface area contributed by atoms with Gasteiger partial charge in [0.2, 0.25) is 0 Å². The number of guanidine groups is 1. The highest BCUT2D eigenvalue weighted by Gasteiger charge is 2.11. The summed E-state index contributed by atoms with van der Waals surface area (Å²) in [7, 11) is 0. The van der Waals surface area contributed by atoms with Crippen LogP contribution in [0.3, 0.4) is 0 Å². The van der Waals surface area contributed by atoms with E-state index in [-0.39, 0.29) is 24.0 Å². The number of halogens is 1. The Bertz CT molecular complexity index is 736. The van der Waals surface area contributed by atoms with Crippen LogP contribution in [0.2, 0.25) is 0 Å². The van der Waals surface area contributed by atoms with E-state index in [2.05, 4.69) is 66.1 Å². The largest absolute Gasteiger partial charge is 0.372 e. The number of benzene rings is 2. The molecule has 0 spiro atoms. The molecule has 4 nitrogen and oxygen atoms in total. The molecule has 0 unspecified atom stereocenters. The molecule has 3 rings (SSSR count). The lowest BCUT2D eigenvalue weighted by molar-refractivity contribution is 0.107. The first-order chi connectivity index (χ1) is 13.3. The first-order valence-electron chi connectivity index (χ1n) is 9.73. The van der Waals surface area contributed by atoms with Gasteiger partial charge in [0, 0.05) is 12.6 Å². The van der Waals surface area contributed by atoms with Gasteiger partial charge in [-0.25, -0.2) is 4.99 Å². The molecule has 0 bridgehead atoms. The third-order valence-corrected chi connectivity index (χ3v) is 4.52. The van der Waals surface area contributed by atoms with Crippen LogP contribution < -0.4 is 10.6 Å². The zero-order chi connectivity index (χ0) is 18.7. The van der Waals surface area contributed by atoms with Crippen molar-refractivity contribution in [2.24, 2.45) is 4.99 Å². The van der Waals surface area contributed by atoms with Crippen LogP contribution in [-0.4, -0.2) is 18.5 Å². The molecule has 1 aliphatic carbocycles. The van der Waals surface area contributed by atoms with Gasteiger partial charge in [-0.15, -0.1) is 24.0 Å². The van der Waals surface area contributed by atoms with Crippen LogP contribution in [-0.2, 0) is 24.5 Å². The van der Waals surface area contributed by atoms with Gasteiger partial charge < -0.3 is 15.4 Å². The van der Waals surface area contributed by atoms with E-state index in [0.29, 0.717) is 25.8 Å². The van der Waals surface area contributed by atoms with E-state index >= 15 is 0 Å². The van der Waals surface area contributed by atoms with Gasteiger partial charge in [0.25, 0.3) is 0 Å². The number of rotatable bonds is 8. The molecule has 0 amide bonds. The number of ether oxygens (including phenoxy) is 1. The molecule has 0 radical (unpaired) electrons. The number of nitrogens with zero attached hydrogens (tertiary/aromatic N) is 1. The minimum Gasteiger partial charge on any atom is -0.372 e. The summed E-state index contributed by atoms with van der Waals surface area (Å²) in [4.78, 5) is 4.71. The van der Waals surface area contributed by atoms with Gasteiger partial charge in [0.05, 0.1) is 19.8 Å². The zero-order valence-electron chi connectivity index (χ0n) is 16.4. The topological polar surface area (TPSA) is 45.7 Å². The maximum Gasteiger partial charge on any atom is 0.191 e. The maximum absolute atomic E-state index is 5.80. The molecular weight excluding hydrogens is 461 g/mol. The summed E-state index contributed by atoms with van der Waals surface area (Å²) in [6.07, 6.45) is 6.59. The van der Waals surface area contributed by atoms with Crippen molar-refractivity contribution in [3.63, 3.8) is 0 Å². The SMILES string of the molecule is CCNC(=NCc1ccc(COCc2ccccc2)cc1)NC1CC=CC1.I. The number of aliphatic imine (C=N–C) groups is 1. The van der Waals surface area contributed by atoms with Crippen molar-refractivity contribution in [2.75, 3.05) is 6.54 Å². The van der Waals surface area contributed by atoms with Crippen LogP contribution in [0.4, 0.5) is 0 Å². The van der Waals surface area contributed by atoms with Crippen molar-refractivity contribution in [2.45, 2.75) is 45.6 Å². The summed E-state index contributed by atoms with van der Waals surface area (Å²) in [6.45, 7) is 4.89. The Balaban J connectivity index is 0.00000280. The standard InChI is InChI=1S/C23H29N3O.HI/c1-2-24-23(26-22-10-6-7-11-22)25-16-19-12-14-21(15-13-19)18-27-17-20-8-4-3-5-9-20;/h3-9,12-15,22H,2,10-11,16-18H2,1H3,(H2,24,25,26);1H. The minimum absolute atomic E-state index is 0. The van der Waals surface area contributed by atoms with Crippen molar-refractivity contribution >= 4 is 29.9 Å². The molecule has 5 heteroatoms. The predicted octanol–water partition coefficient (Wildman–Crippen LogP) is 4.80. The number of hydrogen-bond acceptors (Lipinski definition) is 2. The number of nitrogens with one attached hydrogen (secondary N) is 2. The monoisotopic (exact) mass is 491 g/mol. The van der Waals surface area contributed by atoms with Crippen LogP contribution in [0.15, 0.2) is 71.7 Å². The van der Waals surface area contributed by atoms with Gasteiger partial charge in [0.1, 0.15) is 0 Å². The quantitative estimate of drug-likeness (QED) is 0.242. The average Bonchev–Trinajstić information content (AvgIpc) is 3.21. The Morgan fingerprint density at radius 3 is 2.18 bits per heavy atom. The molecule has 2 aromatic rings. The fourth-order valence-electron chi connectivity index (χ4n) is 3.02. The first-order valence-corrected chi connectivity index (χ1v) is 9.73.